The fourth-order valence-electron chi connectivity index (χ4n) is 2.96. The molecule has 2 unspecified atom stereocenters. The van der Waals surface area contributed by atoms with Crippen molar-refractivity contribution in [2.45, 2.75) is 64.3 Å². The van der Waals surface area contributed by atoms with Gasteiger partial charge in [0.1, 0.15) is 0 Å². The third-order valence-electron chi connectivity index (χ3n) is 4.02. The molecule has 1 aromatic rings. The lowest BCUT2D eigenvalue weighted by atomic mass is 9.85. The minimum Gasteiger partial charge on any atom is -0.312 e. The SMILES string of the molecule is CC(C)(C)NCC1CCCCCC1c1cnccn1. The molecule has 1 aliphatic carbocycles. The molecular weight excluding hydrogens is 234 g/mol. The summed E-state index contributed by atoms with van der Waals surface area (Å²) in [6, 6.07) is 0. The van der Waals surface area contributed by atoms with E-state index in [9.17, 15) is 0 Å². The van der Waals surface area contributed by atoms with E-state index in [-0.39, 0.29) is 5.54 Å². The monoisotopic (exact) mass is 261 g/mol. The van der Waals surface area contributed by atoms with Crippen LogP contribution in [0.5, 0.6) is 0 Å². The van der Waals surface area contributed by atoms with Crippen LogP contribution in [-0.2, 0) is 0 Å². The fraction of sp³-hybridized carbons (Fsp3) is 0.750. The van der Waals surface area contributed by atoms with E-state index < -0.39 is 0 Å². The van der Waals surface area contributed by atoms with Crippen molar-refractivity contribution in [3.63, 3.8) is 0 Å². The third-order valence-corrected chi connectivity index (χ3v) is 4.02. The molecule has 0 aromatic carbocycles. The summed E-state index contributed by atoms with van der Waals surface area (Å²) in [4.78, 5) is 8.80. The van der Waals surface area contributed by atoms with E-state index in [0.29, 0.717) is 11.8 Å². The zero-order valence-electron chi connectivity index (χ0n) is 12.5. The van der Waals surface area contributed by atoms with Crippen molar-refractivity contribution in [2.75, 3.05) is 6.54 Å². The smallest absolute Gasteiger partial charge is 0.0620 e. The minimum atomic E-state index is 0.194. The molecular formula is C16H27N3. The van der Waals surface area contributed by atoms with Gasteiger partial charge >= 0.3 is 0 Å². The summed E-state index contributed by atoms with van der Waals surface area (Å²) in [6.07, 6.45) is 12.2. The van der Waals surface area contributed by atoms with Gasteiger partial charge in [-0.15, -0.1) is 0 Å². The van der Waals surface area contributed by atoms with Crippen LogP contribution in [0.1, 0.15) is 64.5 Å². The molecule has 2 atom stereocenters. The first-order chi connectivity index (χ1) is 9.06. The average molecular weight is 261 g/mol. The van der Waals surface area contributed by atoms with Crippen LogP contribution in [0.2, 0.25) is 0 Å². The molecule has 1 heterocycles. The lowest BCUT2D eigenvalue weighted by Crippen LogP contribution is -2.40. The fourth-order valence-corrected chi connectivity index (χ4v) is 2.96. The molecule has 1 aromatic heterocycles. The van der Waals surface area contributed by atoms with Gasteiger partial charge in [-0.2, -0.15) is 0 Å². The van der Waals surface area contributed by atoms with Gasteiger partial charge < -0.3 is 5.32 Å². The highest BCUT2D eigenvalue weighted by Gasteiger charge is 2.27. The summed E-state index contributed by atoms with van der Waals surface area (Å²) in [6.45, 7) is 7.80. The van der Waals surface area contributed by atoms with Crippen molar-refractivity contribution >= 4 is 0 Å². The summed E-state index contributed by atoms with van der Waals surface area (Å²) in [5.74, 6) is 1.27. The standard InChI is InChI=1S/C16H27N3/c1-16(2,3)19-11-13-7-5-4-6-8-14(13)15-12-17-9-10-18-15/h9-10,12-14,19H,4-8,11H2,1-3H3. The van der Waals surface area contributed by atoms with Crippen LogP contribution in [0, 0.1) is 5.92 Å². The second-order valence-electron chi connectivity index (χ2n) is 6.77. The second kappa shape index (κ2) is 6.47. The van der Waals surface area contributed by atoms with Gasteiger partial charge in [-0.05, 0) is 46.1 Å². The number of aromatic nitrogens is 2. The molecule has 3 heteroatoms. The van der Waals surface area contributed by atoms with Gasteiger partial charge in [-0.1, -0.05) is 19.3 Å². The van der Waals surface area contributed by atoms with Crippen LogP contribution < -0.4 is 5.32 Å². The maximum absolute atomic E-state index is 4.55. The van der Waals surface area contributed by atoms with E-state index in [2.05, 4.69) is 36.1 Å². The van der Waals surface area contributed by atoms with Crippen molar-refractivity contribution in [1.29, 1.82) is 0 Å². The summed E-state index contributed by atoms with van der Waals surface area (Å²) in [5, 5.41) is 3.67. The molecule has 0 spiro atoms. The number of nitrogens with one attached hydrogen (secondary N) is 1. The quantitative estimate of drug-likeness (QED) is 0.846. The zero-order chi connectivity index (χ0) is 13.7. The number of rotatable bonds is 3. The molecule has 3 nitrogen and oxygen atoms in total. The van der Waals surface area contributed by atoms with E-state index >= 15 is 0 Å². The lowest BCUT2D eigenvalue weighted by molar-refractivity contribution is 0.319. The van der Waals surface area contributed by atoms with Crippen LogP contribution in [0.3, 0.4) is 0 Å². The van der Waals surface area contributed by atoms with Gasteiger partial charge in [-0.3, -0.25) is 9.97 Å². The molecule has 0 amide bonds. The Labute approximate surface area is 117 Å². The van der Waals surface area contributed by atoms with Crippen LogP contribution in [0.15, 0.2) is 18.6 Å². The van der Waals surface area contributed by atoms with E-state index in [1.807, 2.05) is 12.4 Å². The highest BCUT2D eigenvalue weighted by atomic mass is 14.9. The summed E-state index contributed by atoms with van der Waals surface area (Å²) < 4.78 is 0. The van der Waals surface area contributed by atoms with E-state index in [1.54, 1.807) is 6.20 Å². The van der Waals surface area contributed by atoms with Crippen molar-refractivity contribution in [3.05, 3.63) is 24.3 Å². The van der Waals surface area contributed by atoms with Gasteiger partial charge in [0, 0.05) is 30.0 Å². The second-order valence-corrected chi connectivity index (χ2v) is 6.77. The largest absolute Gasteiger partial charge is 0.312 e. The van der Waals surface area contributed by atoms with E-state index in [1.165, 1.54) is 37.8 Å². The predicted octanol–water partition coefficient (Wildman–Crippen LogP) is 3.53. The normalized spacial score (nSPS) is 25.0. The summed E-state index contributed by atoms with van der Waals surface area (Å²) in [5.41, 5.74) is 1.38. The summed E-state index contributed by atoms with van der Waals surface area (Å²) >= 11 is 0. The molecule has 1 saturated carbocycles. The Balaban J connectivity index is 2.07. The van der Waals surface area contributed by atoms with Gasteiger partial charge in [0.25, 0.3) is 0 Å². The first-order valence-corrected chi connectivity index (χ1v) is 7.57. The topological polar surface area (TPSA) is 37.8 Å². The number of hydrogen-bond acceptors (Lipinski definition) is 3. The van der Waals surface area contributed by atoms with Gasteiger partial charge in [-0.25, -0.2) is 0 Å². The molecule has 1 fully saturated rings. The molecule has 1 aliphatic rings. The lowest BCUT2D eigenvalue weighted by Gasteiger charge is -2.29. The average Bonchev–Trinajstić information content (AvgIpc) is 2.62. The highest BCUT2D eigenvalue weighted by Crippen LogP contribution is 2.35. The van der Waals surface area contributed by atoms with Crippen molar-refractivity contribution in [1.82, 2.24) is 15.3 Å². The summed E-state index contributed by atoms with van der Waals surface area (Å²) in [7, 11) is 0. The van der Waals surface area contributed by atoms with Crippen LogP contribution in [0.4, 0.5) is 0 Å². The number of nitrogens with zero attached hydrogens (tertiary/aromatic N) is 2. The maximum atomic E-state index is 4.55. The Morgan fingerprint density at radius 3 is 2.63 bits per heavy atom. The van der Waals surface area contributed by atoms with E-state index in [0.717, 1.165) is 6.54 Å². The van der Waals surface area contributed by atoms with Crippen LogP contribution in [-0.4, -0.2) is 22.1 Å². The Morgan fingerprint density at radius 2 is 1.95 bits per heavy atom. The Bertz CT molecular complexity index is 369. The van der Waals surface area contributed by atoms with Crippen molar-refractivity contribution < 1.29 is 0 Å². The molecule has 19 heavy (non-hydrogen) atoms. The minimum absolute atomic E-state index is 0.194. The number of hydrogen-bond donors (Lipinski definition) is 1. The predicted molar refractivity (Wildman–Crippen MR) is 79.1 cm³/mol. The molecule has 106 valence electrons. The first kappa shape index (κ1) is 14.4. The molecule has 0 bridgehead atoms. The van der Waals surface area contributed by atoms with E-state index in [4.69, 9.17) is 0 Å². The van der Waals surface area contributed by atoms with Crippen LogP contribution >= 0.6 is 0 Å². The van der Waals surface area contributed by atoms with Crippen molar-refractivity contribution in [3.8, 4) is 0 Å². The molecule has 0 saturated heterocycles. The Morgan fingerprint density at radius 1 is 1.16 bits per heavy atom. The van der Waals surface area contributed by atoms with Crippen molar-refractivity contribution in [2.24, 2.45) is 5.92 Å². The molecule has 1 N–H and O–H groups in total. The Kier molecular flexibility index (Phi) is 4.92. The molecule has 0 radical (unpaired) electrons. The first-order valence-electron chi connectivity index (χ1n) is 7.57. The van der Waals surface area contributed by atoms with Crippen LogP contribution in [0.25, 0.3) is 0 Å². The third kappa shape index (κ3) is 4.57. The highest BCUT2D eigenvalue weighted by molar-refractivity contribution is 5.06. The zero-order valence-corrected chi connectivity index (χ0v) is 12.5. The Hall–Kier alpha value is -0.960. The van der Waals surface area contributed by atoms with Gasteiger partial charge in [0.2, 0.25) is 0 Å². The van der Waals surface area contributed by atoms with Gasteiger partial charge in [0.15, 0.2) is 0 Å². The molecule has 2 rings (SSSR count). The maximum Gasteiger partial charge on any atom is 0.0620 e. The molecule has 0 aliphatic heterocycles. The van der Waals surface area contributed by atoms with Gasteiger partial charge in [0.05, 0.1) is 5.69 Å².